The third kappa shape index (κ3) is 4.15. The molecule has 0 amide bonds. The van der Waals surface area contributed by atoms with Gasteiger partial charge in [-0.1, -0.05) is 30.3 Å². The van der Waals surface area contributed by atoms with Gasteiger partial charge < -0.3 is 10.4 Å². The van der Waals surface area contributed by atoms with Gasteiger partial charge in [0.2, 0.25) is 0 Å². The highest BCUT2D eigenvalue weighted by molar-refractivity contribution is 7.92. The summed E-state index contributed by atoms with van der Waals surface area (Å²) in [4.78, 5) is 10.5. The molecule has 9 heteroatoms. The van der Waals surface area contributed by atoms with Gasteiger partial charge in [0.1, 0.15) is 0 Å². The molecule has 0 heterocycles. The Bertz CT molecular complexity index is 1100. The van der Waals surface area contributed by atoms with Crippen LogP contribution in [-0.4, -0.2) is 31.6 Å². The molecule has 140 valence electrons. The molecule has 0 bridgehead atoms. The van der Waals surface area contributed by atoms with E-state index >= 15 is 0 Å². The van der Waals surface area contributed by atoms with E-state index in [0.29, 0.717) is 5.69 Å². The monoisotopic (exact) mass is 387 g/mol. The van der Waals surface area contributed by atoms with Crippen molar-refractivity contribution in [2.75, 3.05) is 23.2 Å². The molecule has 3 rings (SSSR count). The molecule has 3 aromatic rings. The van der Waals surface area contributed by atoms with Crippen molar-refractivity contribution in [3.8, 4) is 0 Å². The number of nitrogens with one attached hydrogen (secondary N) is 2. The van der Waals surface area contributed by atoms with Crippen molar-refractivity contribution in [1.29, 1.82) is 0 Å². The summed E-state index contributed by atoms with van der Waals surface area (Å²) in [6.07, 6.45) is 0. The zero-order valence-corrected chi connectivity index (χ0v) is 14.9. The summed E-state index contributed by atoms with van der Waals surface area (Å²) in [6, 6.07) is 15.8. The summed E-state index contributed by atoms with van der Waals surface area (Å²) < 4.78 is 28.0. The number of benzene rings is 3. The molecular formula is C18H17N3O5S. The van der Waals surface area contributed by atoms with Crippen molar-refractivity contribution in [3.05, 3.63) is 70.8 Å². The van der Waals surface area contributed by atoms with Crippen molar-refractivity contribution >= 4 is 37.9 Å². The summed E-state index contributed by atoms with van der Waals surface area (Å²) in [5, 5.41) is 24.5. The van der Waals surface area contributed by atoms with Crippen LogP contribution >= 0.6 is 0 Å². The highest BCUT2D eigenvalue weighted by atomic mass is 32.2. The van der Waals surface area contributed by atoms with Crippen LogP contribution < -0.4 is 10.0 Å². The van der Waals surface area contributed by atoms with Gasteiger partial charge in [-0.2, -0.15) is 0 Å². The van der Waals surface area contributed by atoms with Gasteiger partial charge in [-0.15, -0.1) is 0 Å². The smallest absolute Gasteiger partial charge is 0.271 e. The SMILES string of the molecule is O=[N+]([O-])c1ccc(NCCO)c(NS(=O)(=O)c2ccc3ccccc3c2)c1. The highest BCUT2D eigenvalue weighted by Crippen LogP contribution is 2.30. The van der Waals surface area contributed by atoms with Crippen molar-refractivity contribution < 1.29 is 18.4 Å². The highest BCUT2D eigenvalue weighted by Gasteiger charge is 2.19. The number of fused-ring (bicyclic) bond motifs is 1. The number of hydrogen-bond acceptors (Lipinski definition) is 6. The summed E-state index contributed by atoms with van der Waals surface area (Å²) in [6.45, 7) is -0.00361. The lowest BCUT2D eigenvalue weighted by Gasteiger charge is -2.14. The van der Waals surface area contributed by atoms with Gasteiger partial charge in [0.05, 0.1) is 27.8 Å². The molecular weight excluding hydrogens is 370 g/mol. The Morgan fingerprint density at radius 3 is 2.41 bits per heavy atom. The van der Waals surface area contributed by atoms with Crippen molar-refractivity contribution in [2.24, 2.45) is 0 Å². The second kappa shape index (κ2) is 7.60. The fraction of sp³-hybridized carbons (Fsp3) is 0.111. The molecule has 0 radical (unpaired) electrons. The maximum atomic E-state index is 12.8. The molecule has 3 N–H and O–H groups in total. The number of sulfonamides is 1. The standard InChI is InChI=1S/C18H17N3O5S/c22-10-9-19-17-8-6-15(21(23)24)12-18(17)20-27(25,26)16-7-5-13-3-1-2-4-14(13)11-16/h1-8,11-12,19-20,22H,9-10H2. The second-order valence-corrected chi connectivity index (χ2v) is 7.43. The Balaban J connectivity index is 2.00. The zero-order valence-electron chi connectivity index (χ0n) is 14.1. The lowest BCUT2D eigenvalue weighted by molar-refractivity contribution is -0.384. The first kappa shape index (κ1) is 18.6. The van der Waals surface area contributed by atoms with Gasteiger partial charge in [-0.25, -0.2) is 8.42 Å². The molecule has 8 nitrogen and oxygen atoms in total. The first-order valence-corrected chi connectivity index (χ1v) is 9.54. The fourth-order valence-corrected chi connectivity index (χ4v) is 3.72. The van der Waals surface area contributed by atoms with Crippen molar-refractivity contribution in [3.63, 3.8) is 0 Å². The number of aliphatic hydroxyl groups excluding tert-OH is 1. The van der Waals surface area contributed by atoms with E-state index in [4.69, 9.17) is 5.11 Å². The predicted molar refractivity (Wildman–Crippen MR) is 103 cm³/mol. The maximum absolute atomic E-state index is 12.8. The molecule has 27 heavy (non-hydrogen) atoms. The van der Waals surface area contributed by atoms with Gasteiger partial charge in [0, 0.05) is 18.7 Å². The minimum atomic E-state index is -3.97. The third-order valence-electron chi connectivity index (χ3n) is 3.92. The first-order valence-electron chi connectivity index (χ1n) is 8.05. The van der Waals surface area contributed by atoms with E-state index < -0.39 is 14.9 Å². The molecule has 0 unspecified atom stereocenters. The van der Waals surface area contributed by atoms with E-state index in [1.54, 1.807) is 12.1 Å². The van der Waals surface area contributed by atoms with E-state index in [0.717, 1.165) is 16.8 Å². The zero-order chi connectivity index (χ0) is 19.4. The minimum Gasteiger partial charge on any atom is -0.395 e. The van der Waals surface area contributed by atoms with Gasteiger partial charge in [0.25, 0.3) is 15.7 Å². The Kier molecular flexibility index (Phi) is 5.24. The average Bonchev–Trinajstić information content (AvgIpc) is 2.66. The number of rotatable bonds is 7. The summed E-state index contributed by atoms with van der Waals surface area (Å²) in [7, 11) is -3.97. The van der Waals surface area contributed by atoms with E-state index in [1.807, 2.05) is 18.2 Å². The van der Waals surface area contributed by atoms with Crippen molar-refractivity contribution in [2.45, 2.75) is 4.90 Å². The van der Waals surface area contributed by atoms with Crippen molar-refractivity contribution in [1.82, 2.24) is 0 Å². The normalized spacial score (nSPS) is 11.3. The van der Waals surface area contributed by atoms with Crippen LogP contribution in [0.4, 0.5) is 17.1 Å². The van der Waals surface area contributed by atoms with Crippen LogP contribution in [0, 0.1) is 10.1 Å². The number of nitrogens with zero attached hydrogens (tertiary/aromatic N) is 1. The average molecular weight is 387 g/mol. The Hall–Kier alpha value is -3.17. The molecule has 0 aromatic heterocycles. The van der Waals surface area contributed by atoms with Gasteiger partial charge >= 0.3 is 0 Å². The maximum Gasteiger partial charge on any atom is 0.271 e. The fourth-order valence-electron chi connectivity index (χ4n) is 2.61. The van der Waals surface area contributed by atoms with Crippen LogP contribution in [0.25, 0.3) is 10.8 Å². The molecule has 0 saturated carbocycles. The predicted octanol–water partition coefficient (Wildman–Crippen LogP) is 2.95. The molecule has 0 aliphatic heterocycles. The topological polar surface area (TPSA) is 122 Å². The number of aliphatic hydroxyl groups is 1. The van der Waals surface area contributed by atoms with E-state index in [1.165, 1.54) is 24.3 Å². The molecule has 0 spiro atoms. The van der Waals surface area contributed by atoms with E-state index in [9.17, 15) is 18.5 Å². The van der Waals surface area contributed by atoms with Crippen LogP contribution in [0.15, 0.2) is 65.6 Å². The molecule has 3 aromatic carbocycles. The van der Waals surface area contributed by atoms with Crippen LogP contribution in [0.1, 0.15) is 0 Å². The van der Waals surface area contributed by atoms with Gasteiger partial charge in [-0.05, 0) is 29.0 Å². The molecule has 0 saturated heterocycles. The van der Waals surface area contributed by atoms with E-state index in [2.05, 4.69) is 10.0 Å². The third-order valence-corrected chi connectivity index (χ3v) is 5.28. The number of nitro benzene ring substituents is 1. The van der Waals surface area contributed by atoms with Gasteiger partial charge in [0.15, 0.2) is 0 Å². The van der Waals surface area contributed by atoms with Crippen LogP contribution in [-0.2, 0) is 10.0 Å². The van der Waals surface area contributed by atoms with Crippen LogP contribution in [0.2, 0.25) is 0 Å². The quantitative estimate of drug-likeness (QED) is 0.423. The molecule has 0 atom stereocenters. The summed E-state index contributed by atoms with van der Waals surface area (Å²) >= 11 is 0. The Labute approximate surface area is 155 Å². The Morgan fingerprint density at radius 1 is 0.963 bits per heavy atom. The molecule has 0 aliphatic carbocycles. The lowest BCUT2D eigenvalue weighted by Crippen LogP contribution is -2.15. The number of nitro groups is 1. The second-order valence-electron chi connectivity index (χ2n) is 5.75. The largest absolute Gasteiger partial charge is 0.395 e. The Morgan fingerprint density at radius 2 is 1.70 bits per heavy atom. The molecule has 0 aliphatic rings. The summed E-state index contributed by atoms with van der Waals surface area (Å²) in [5.74, 6) is 0. The number of hydrogen-bond donors (Lipinski definition) is 3. The van der Waals surface area contributed by atoms with Crippen LogP contribution in [0.5, 0.6) is 0 Å². The number of anilines is 2. The van der Waals surface area contributed by atoms with Crippen LogP contribution in [0.3, 0.4) is 0 Å². The van der Waals surface area contributed by atoms with E-state index in [-0.39, 0.29) is 29.4 Å². The molecule has 0 fully saturated rings. The minimum absolute atomic E-state index is 0.0332. The van der Waals surface area contributed by atoms with Gasteiger partial charge in [-0.3, -0.25) is 14.8 Å². The number of non-ortho nitro benzene ring substituents is 1. The lowest BCUT2D eigenvalue weighted by atomic mass is 10.1. The first-order chi connectivity index (χ1) is 12.9. The summed E-state index contributed by atoms with van der Waals surface area (Å²) in [5.41, 5.74) is 0.116.